The molecule has 0 saturated carbocycles. The molecule has 0 aromatic carbocycles. The summed E-state index contributed by atoms with van der Waals surface area (Å²) in [6, 6.07) is 0. The van der Waals surface area contributed by atoms with Gasteiger partial charge in [-0.05, 0) is 0 Å². The summed E-state index contributed by atoms with van der Waals surface area (Å²) in [5.74, 6) is 0. The van der Waals surface area contributed by atoms with Gasteiger partial charge in [0.25, 0.3) is 0 Å². The summed E-state index contributed by atoms with van der Waals surface area (Å²) < 4.78 is 0. The summed E-state index contributed by atoms with van der Waals surface area (Å²) >= 11 is 0. The molecule has 0 heterocycles. The molecule has 20 heavy (non-hydrogen) atoms. The van der Waals surface area contributed by atoms with Crippen molar-refractivity contribution in [3.05, 3.63) is 30.0 Å². The van der Waals surface area contributed by atoms with Gasteiger partial charge in [0.15, 0.2) is 0 Å². The smallest absolute Gasteiger partial charge is 0.673 e. The minimum Gasteiger partial charge on any atom is -0.673 e. The van der Waals surface area contributed by atoms with E-state index in [2.05, 4.69) is 44.9 Å². The molecular formula is C14H33Cl2NSi2Zr. The van der Waals surface area contributed by atoms with Crippen LogP contribution in [0, 0.1) is 6.08 Å². The second-order valence-corrected chi connectivity index (χ2v) is 9.49. The molecule has 1 aliphatic rings. The third-order valence-electron chi connectivity index (χ3n) is 0.586. The maximum Gasteiger partial charge on any atom is 2.00 e. The first-order valence-corrected chi connectivity index (χ1v) is 11.4. The Hall–Kier alpha value is 1.34. The fraction of sp³-hybridized carbons (Fsp3) is 0.714. The van der Waals surface area contributed by atoms with Crippen LogP contribution in [0.2, 0.25) is 32.7 Å². The molecule has 0 atom stereocenters. The van der Waals surface area contributed by atoms with Gasteiger partial charge < -0.3 is 5.73 Å². The van der Waals surface area contributed by atoms with Crippen molar-refractivity contribution in [1.82, 2.24) is 0 Å². The Balaban J connectivity index is -0.0000000317. The predicted octanol–water partition coefficient (Wildman–Crippen LogP) is 5.87. The Bertz CT molecular complexity index is 175. The Morgan fingerprint density at radius 1 is 1.10 bits per heavy atom. The summed E-state index contributed by atoms with van der Waals surface area (Å²) in [6.45, 7) is 16.8. The monoisotopic (exact) mass is 431 g/mol. The number of hydrogen-bond acceptors (Lipinski definition) is 0. The van der Waals surface area contributed by atoms with Gasteiger partial charge in [-0.25, -0.2) is 12.2 Å². The van der Waals surface area contributed by atoms with Crippen LogP contribution in [0.15, 0.2) is 18.2 Å². The zero-order valence-electron chi connectivity index (χ0n) is 14.3. The second kappa shape index (κ2) is 28.5. The molecule has 0 fully saturated rings. The zero-order valence-corrected chi connectivity index (χ0v) is 20.6. The molecule has 6 heteroatoms. The van der Waals surface area contributed by atoms with Crippen LogP contribution in [-0.4, -0.2) is 23.9 Å². The van der Waals surface area contributed by atoms with E-state index in [1.165, 1.54) is 0 Å². The summed E-state index contributed by atoms with van der Waals surface area (Å²) in [7, 11) is 0.870. The summed E-state index contributed by atoms with van der Waals surface area (Å²) in [5, 5.41) is 0. The van der Waals surface area contributed by atoms with Crippen LogP contribution in [0.25, 0.3) is 5.73 Å². The molecule has 0 unspecified atom stereocenters. The Morgan fingerprint density at radius 2 is 1.35 bits per heavy atom. The van der Waals surface area contributed by atoms with Crippen molar-refractivity contribution < 1.29 is 26.2 Å². The van der Waals surface area contributed by atoms with Crippen LogP contribution >= 0.6 is 24.8 Å². The van der Waals surface area contributed by atoms with Gasteiger partial charge in [-0.15, -0.1) is 36.8 Å². The largest absolute Gasteiger partial charge is 2.00 e. The van der Waals surface area contributed by atoms with Crippen LogP contribution in [0.1, 0.15) is 27.2 Å². The maximum atomic E-state index is 6.94. The summed E-state index contributed by atoms with van der Waals surface area (Å²) in [6.07, 6.45) is 10.0. The standard InChI is InChI=1S/C5H5.C4H10N.C3H9Si.C2H7Si.2ClH.Zr/c1-2-4-5-3-1;1-4(2,3)5;1-4(2)3;1-3-2;;;/h1-3H,4H2;5H,1-3H3;1-3H3;3H,1-2H3;2*1H;/q2*-1;;;;;+2. The molecule has 2 radical (unpaired) electrons. The maximum absolute atomic E-state index is 6.94. The molecule has 0 amide bonds. The number of allylic oxidation sites excluding steroid dienone is 4. The van der Waals surface area contributed by atoms with Crippen LogP contribution in [-0.2, 0) is 26.2 Å². The quantitative estimate of drug-likeness (QED) is 0.337. The van der Waals surface area contributed by atoms with E-state index in [9.17, 15) is 0 Å². The van der Waals surface area contributed by atoms with Crippen molar-refractivity contribution in [1.29, 1.82) is 0 Å². The molecule has 1 rings (SSSR count). The van der Waals surface area contributed by atoms with E-state index in [0.29, 0.717) is 0 Å². The topological polar surface area (TPSA) is 23.8 Å². The van der Waals surface area contributed by atoms with Gasteiger partial charge in [0, 0.05) is 18.3 Å². The SMILES string of the molecule is CC(C)(C)[NH-].C[SiH]C.C[Si](C)C.Cl.Cl.[C-]1=CC=CC1.[Zr+2]. The summed E-state index contributed by atoms with van der Waals surface area (Å²) in [5.41, 5.74) is 6.69. The van der Waals surface area contributed by atoms with E-state index in [1.807, 2.05) is 32.9 Å². The van der Waals surface area contributed by atoms with Crippen LogP contribution in [0.3, 0.4) is 0 Å². The average Bonchev–Trinajstić information content (AvgIpc) is 2.54. The molecule has 0 spiro atoms. The zero-order chi connectivity index (χ0) is 14.3. The molecule has 0 aromatic heterocycles. The fourth-order valence-corrected chi connectivity index (χ4v) is 0.340. The third kappa shape index (κ3) is 162. The average molecular weight is 434 g/mol. The molecule has 0 aliphatic heterocycles. The van der Waals surface area contributed by atoms with Crippen molar-refractivity contribution >= 4 is 43.1 Å². The Kier molecular flexibility index (Phi) is 53.4. The summed E-state index contributed by atoms with van der Waals surface area (Å²) in [4.78, 5) is 0. The number of halogens is 2. The van der Waals surface area contributed by atoms with Crippen LogP contribution in [0.5, 0.6) is 0 Å². The Labute approximate surface area is 164 Å². The van der Waals surface area contributed by atoms with Gasteiger partial charge in [0.2, 0.25) is 0 Å². The van der Waals surface area contributed by atoms with E-state index in [-0.39, 0.29) is 65.4 Å². The third-order valence-corrected chi connectivity index (χ3v) is 0.586. The molecule has 1 N–H and O–H groups in total. The molecule has 0 aromatic rings. The molecule has 0 saturated heterocycles. The van der Waals surface area contributed by atoms with Gasteiger partial charge in [-0.2, -0.15) is 6.08 Å². The molecule has 1 nitrogen and oxygen atoms in total. The van der Waals surface area contributed by atoms with Crippen LogP contribution in [0.4, 0.5) is 0 Å². The minimum atomic E-state index is -0.250. The van der Waals surface area contributed by atoms with Gasteiger partial charge in [-0.3, -0.25) is 6.08 Å². The van der Waals surface area contributed by atoms with E-state index in [1.54, 1.807) is 0 Å². The number of nitrogens with one attached hydrogen (secondary N) is 1. The van der Waals surface area contributed by atoms with E-state index in [0.717, 1.165) is 15.9 Å². The van der Waals surface area contributed by atoms with Gasteiger partial charge in [-0.1, -0.05) is 53.5 Å². The van der Waals surface area contributed by atoms with Crippen molar-refractivity contribution in [2.75, 3.05) is 0 Å². The van der Waals surface area contributed by atoms with Gasteiger partial charge in [0.05, 0.1) is 0 Å². The van der Waals surface area contributed by atoms with E-state index < -0.39 is 0 Å². The molecule has 120 valence electrons. The normalized spacial score (nSPS) is 10.1. The first-order valence-electron chi connectivity index (χ1n) is 6.12. The predicted molar refractivity (Wildman–Crippen MR) is 102 cm³/mol. The molecular weight excluding hydrogens is 400 g/mol. The molecule has 0 bridgehead atoms. The second-order valence-electron chi connectivity index (χ2n) is 5.33. The van der Waals surface area contributed by atoms with Crippen molar-refractivity contribution in [2.45, 2.75) is 65.5 Å². The fourth-order valence-electron chi connectivity index (χ4n) is 0.340. The van der Waals surface area contributed by atoms with Crippen LogP contribution < -0.4 is 0 Å². The van der Waals surface area contributed by atoms with Gasteiger partial charge in [0.1, 0.15) is 0 Å². The van der Waals surface area contributed by atoms with E-state index in [4.69, 9.17) is 5.73 Å². The van der Waals surface area contributed by atoms with Gasteiger partial charge >= 0.3 is 26.2 Å². The first-order chi connectivity index (χ1) is 7.65. The van der Waals surface area contributed by atoms with E-state index >= 15 is 0 Å². The number of hydrogen-bond donors (Lipinski definition) is 0. The number of rotatable bonds is 0. The Morgan fingerprint density at radius 3 is 1.40 bits per heavy atom. The minimum absolute atomic E-state index is 0. The first kappa shape index (κ1) is 37.5. The molecule has 1 aliphatic carbocycles. The van der Waals surface area contributed by atoms with Crippen molar-refractivity contribution in [3.8, 4) is 0 Å². The van der Waals surface area contributed by atoms with Crippen molar-refractivity contribution in [3.63, 3.8) is 0 Å². The van der Waals surface area contributed by atoms with Crippen molar-refractivity contribution in [2.24, 2.45) is 0 Å².